The second-order valence-corrected chi connectivity index (χ2v) is 13.9. The summed E-state index contributed by atoms with van der Waals surface area (Å²) in [5.74, 6) is -0.525. The van der Waals surface area contributed by atoms with E-state index in [1.54, 1.807) is 0 Å². The minimum absolute atomic E-state index is 0.00170. The second kappa shape index (κ2) is 37.4. The van der Waals surface area contributed by atoms with Crippen molar-refractivity contribution in [3.8, 4) is 0 Å². The lowest BCUT2D eigenvalue weighted by molar-refractivity contribution is -0.138. The SMILES string of the molecule is CCCCCCCCCCCCCCCCCCN(CCCCCCCCCCCCCCCCCC)C(=O)COCC(N)=O. The summed E-state index contributed by atoms with van der Waals surface area (Å²) >= 11 is 0. The summed E-state index contributed by atoms with van der Waals surface area (Å²) < 4.78 is 5.24. The number of ether oxygens (including phenoxy) is 1. The zero-order chi connectivity index (χ0) is 32.9. The number of amides is 2. The number of nitrogens with two attached hydrogens (primary N) is 1. The highest BCUT2D eigenvalue weighted by Crippen LogP contribution is 2.16. The van der Waals surface area contributed by atoms with E-state index in [1.807, 2.05) is 4.90 Å². The molecule has 0 aromatic carbocycles. The first kappa shape index (κ1) is 43.9. The molecule has 0 fully saturated rings. The van der Waals surface area contributed by atoms with Gasteiger partial charge in [0.15, 0.2) is 0 Å². The molecular formula is C40H80N2O3. The lowest BCUT2D eigenvalue weighted by Crippen LogP contribution is -2.36. The number of unbranched alkanes of at least 4 members (excludes halogenated alkanes) is 30. The molecule has 5 nitrogen and oxygen atoms in total. The van der Waals surface area contributed by atoms with E-state index in [1.165, 1.54) is 193 Å². The molecule has 0 aromatic rings. The number of hydrogen-bond donors (Lipinski definition) is 1. The third-order valence-corrected chi connectivity index (χ3v) is 9.39. The van der Waals surface area contributed by atoms with E-state index >= 15 is 0 Å². The fourth-order valence-electron chi connectivity index (χ4n) is 6.39. The number of hydrogen-bond acceptors (Lipinski definition) is 3. The van der Waals surface area contributed by atoms with Crippen LogP contribution < -0.4 is 5.73 Å². The standard InChI is InChI=1S/C40H80N2O3/c1-3-5-7-9-11-13-15-17-19-21-23-25-27-29-31-33-35-42(40(44)38-45-37-39(41)43)36-34-32-30-28-26-24-22-20-18-16-14-12-10-8-6-4-2/h3-38H2,1-2H3,(H2,41,43). The van der Waals surface area contributed by atoms with Crippen LogP contribution in [0.3, 0.4) is 0 Å². The first-order chi connectivity index (χ1) is 22.1. The van der Waals surface area contributed by atoms with Crippen molar-refractivity contribution in [2.24, 2.45) is 5.73 Å². The van der Waals surface area contributed by atoms with Crippen LogP contribution >= 0.6 is 0 Å². The van der Waals surface area contributed by atoms with E-state index in [-0.39, 0.29) is 19.1 Å². The quantitative estimate of drug-likeness (QED) is 0.0685. The fraction of sp³-hybridized carbons (Fsp3) is 0.950. The Morgan fingerprint density at radius 2 is 0.644 bits per heavy atom. The molecule has 2 amide bonds. The summed E-state index contributed by atoms with van der Waals surface area (Å²) in [6, 6.07) is 0. The molecule has 0 spiro atoms. The molecule has 0 saturated heterocycles. The van der Waals surface area contributed by atoms with Gasteiger partial charge in [0.1, 0.15) is 13.2 Å². The molecular weight excluding hydrogens is 556 g/mol. The van der Waals surface area contributed by atoms with Crippen LogP contribution in [-0.4, -0.2) is 43.0 Å². The van der Waals surface area contributed by atoms with E-state index in [0.717, 1.165) is 25.9 Å². The molecule has 0 rings (SSSR count). The summed E-state index contributed by atoms with van der Waals surface area (Å²) in [5.41, 5.74) is 5.17. The molecule has 0 radical (unpaired) electrons. The molecule has 0 atom stereocenters. The molecule has 0 saturated carbocycles. The van der Waals surface area contributed by atoms with E-state index in [9.17, 15) is 9.59 Å². The van der Waals surface area contributed by atoms with Crippen molar-refractivity contribution < 1.29 is 14.3 Å². The highest BCUT2D eigenvalue weighted by molar-refractivity contribution is 5.78. The first-order valence-corrected chi connectivity index (χ1v) is 20.3. The zero-order valence-corrected chi connectivity index (χ0v) is 30.7. The van der Waals surface area contributed by atoms with Gasteiger partial charge >= 0.3 is 0 Å². The molecule has 0 aliphatic heterocycles. The maximum Gasteiger partial charge on any atom is 0.248 e. The Morgan fingerprint density at radius 1 is 0.400 bits per heavy atom. The molecule has 0 heterocycles. The van der Waals surface area contributed by atoms with Crippen LogP contribution in [0.25, 0.3) is 0 Å². The average molecular weight is 637 g/mol. The minimum Gasteiger partial charge on any atom is -0.368 e. The van der Waals surface area contributed by atoms with Crippen molar-refractivity contribution in [1.29, 1.82) is 0 Å². The maximum absolute atomic E-state index is 12.8. The summed E-state index contributed by atoms with van der Waals surface area (Å²) in [6.07, 6.45) is 43.3. The van der Waals surface area contributed by atoms with E-state index in [4.69, 9.17) is 10.5 Å². The van der Waals surface area contributed by atoms with Crippen molar-refractivity contribution in [2.75, 3.05) is 26.3 Å². The summed E-state index contributed by atoms with van der Waals surface area (Å²) in [6.45, 7) is 5.95. The van der Waals surface area contributed by atoms with Gasteiger partial charge in [0.2, 0.25) is 11.8 Å². The molecule has 45 heavy (non-hydrogen) atoms. The van der Waals surface area contributed by atoms with Crippen molar-refractivity contribution in [3.63, 3.8) is 0 Å². The van der Waals surface area contributed by atoms with Gasteiger partial charge < -0.3 is 15.4 Å². The normalized spacial score (nSPS) is 11.3. The van der Waals surface area contributed by atoms with Crippen LogP contribution in [-0.2, 0) is 14.3 Å². The number of carbonyl (C=O) groups is 2. The molecule has 268 valence electrons. The largest absolute Gasteiger partial charge is 0.368 e. The van der Waals surface area contributed by atoms with Crippen molar-refractivity contribution >= 4 is 11.8 Å². The van der Waals surface area contributed by atoms with Crippen LogP contribution in [0.2, 0.25) is 0 Å². The molecule has 2 N–H and O–H groups in total. The van der Waals surface area contributed by atoms with Crippen LogP contribution in [0.5, 0.6) is 0 Å². The highest BCUT2D eigenvalue weighted by Gasteiger charge is 2.13. The number of rotatable bonds is 38. The Morgan fingerprint density at radius 3 is 0.889 bits per heavy atom. The van der Waals surface area contributed by atoms with Crippen molar-refractivity contribution in [3.05, 3.63) is 0 Å². The number of nitrogens with zero attached hydrogens (tertiary/aromatic N) is 1. The summed E-state index contributed by atoms with van der Waals surface area (Å²) in [4.78, 5) is 25.7. The van der Waals surface area contributed by atoms with Gasteiger partial charge in [-0.1, -0.05) is 206 Å². The fourth-order valence-corrected chi connectivity index (χ4v) is 6.39. The first-order valence-electron chi connectivity index (χ1n) is 20.3. The molecule has 0 unspecified atom stereocenters. The molecule has 0 aromatic heterocycles. The van der Waals surface area contributed by atoms with Crippen molar-refractivity contribution in [2.45, 2.75) is 219 Å². The van der Waals surface area contributed by atoms with Gasteiger partial charge in [-0.15, -0.1) is 0 Å². The van der Waals surface area contributed by atoms with Gasteiger partial charge in [0.25, 0.3) is 0 Å². The number of carbonyl (C=O) groups excluding carboxylic acids is 2. The Kier molecular flexibility index (Phi) is 36.4. The van der Waals surface area contributed by atoms with Crippen LogP contribution in [0.1, 0.15) is 219 Å². The number of primary amides is 1. The topological polar surface area (TPSA) is 72.6 Å². The zero-order valence-electron chi connectivity index (χ0n) is 30.7. The monoisotopic (exact) mass is 637 g/mol. The molecule has 0 bridgehead atoms. The van der Waals surface area contributed by atoms with Crippen LogP contribution in [0.15, 0.2) is 0 Å². The van der Waals surface area contributed by atoms with E-state index in [2.05, 4.69) is 13.8 Å². The third-order valence-electron chi connectivity index (χ3n) is 9.39. The average Bonchev–Trinajstić information content (AvgIpc) is 3.03. The van der Waals surface area contributed by atoms with Gasteiger partial charge in [-0.3, -0.25) is 9.59 Å². The minimum atomic E-state index is -0.523. The Balaban J connectivity index is 3.82. The van der Waals surface area contributed by atoms with Crippen LogP contribution in [0, 0.1) is 0 Å². The maximum atomic E-state index is 12.8. The summed E-state index contributed by atoms with van der Waals surface area (Å²) in [7, 11) is 0. The van der Waals surface area contributed by atoms with Gasteiger partial charge in [0, 0.05) is 13.1 Å². The van der Waals surface area contributed by atoms with Gasteiger partial charge in [-0.25, -0.2) is 0 Å². The summed E-state index contributed by atoms with van der Waals surface area (Å²) in [5, 5.41) is 0. The predicted molar refractivity (Wildman–Crippen MR) is 196 cm³/mol. The Bertz CT molecular complexity index is 576. The van der Waals surface area contributed by atoms with E-state index in [0.29, 0.717) is 0 Å². The van der Waals surface area contributed by atoms with Crippen LogP contribution in [0.4, 0.5) is 0 Å². The van der Waals surface area contributed by atoms with Gasteiger partial charge in [0.05, 0.1) is 0 Å². The van der Waals surface area contributed by atoms with Crippen molar-refractivity contribution in [1.82, 2.24) is 4.90 Å². The molecule has 0 aliphatic carbocycles. The molecule has 0 aliphatic rings. The van der Waals surface area contributed by atoms with Gasteiger partial charge in [-0.2, -0.15) is 0 Å². The van der Waals surface area contributed by atoms with E-state index < -0.39 is 5.91 Å². The van der Waals surface area contributed by atoms with Gasteiger partial charge in [-0.05, 0) is 12.8 Å². The molecule has 5 heteroatoms. The lowest BCUT2D eigenvalue weighted by Gasteiger charge is -2.23. The Hall–Kier alpha value is -1.10. The Labute approximate surface area is 282 Å². The highest BCUT2D eigenvalue weighted by atomic mass is 16.5. The lowest BCUT2D eigenvalue weighted by atomic mass is 10.0. The third kappa shape index (κ3) is 35.6. The second-order valence-electron chi connectivity index (χ2n) is 13.9. The predicted octanol–water partition coefficient (Wildman–Crippen LogP) is 11.8. The smallest absolute Gasteiger partial charge is 0.248 e.